The van der Waals surface area contributed by atoms with Gasteiger partial charge in [0.2, 0.25) is 0 Å². The average Bonchev–Trinajstić information content (AvgIpc) is 2.70. The molecule has 3 nitrogen and oxygen atoms in total. The van der Waals surface area contributed by atoms with E-state index in [9.17, 15) is 13.2 Å². The summed E-state index contributed by atoms with van der Waals surface area (Å²) < 4.78 is 39.2. The predicted octanol–water partition coefficient (Wildman–Crippen LogP) is 3.06. The van der Waals surface area contributed by atoms with Crippen molar-refractivity contribution in [2.45, 2.75) is 19.3 Å². The summed E-state index contributed by atoms with van der Waals surface area (Å²) in [4.78, 5) is 0. The molecule has 0 unspecified atom stereocenters. The molecule has 7 heteroatoms. The Bertz CT molecular complexity index is 578. The van der Waals surface area contributed by atoms with Gasteiger partial charge >= 0.3 is 6.18 Å². The smallest absolute Gasteiger partial charge is 0.326 e. The van der Waals surface area contributed by atoms with Crippen molar-refractivity contribution in [1.82, 2.24) is 9.78 Å². The first-order chi connectivity index (χ1) is 8.91. The van der Waals surface area contributed by atoms with Gasteiger partial charge in [-0.1, -0.05) is 23.7 Å². The fourth-order valence-corrected chi connectivity index (χ4v) is 1.90. The van der Waals surface area contributed by atoms with Gasteiger partial charge in [0.05, 0.1) is 18.3 Å². The number of halogens is 4. The van der Waals surface area contributed by atoms with E-state index in [-0.39, 0.29) is 13.1 Å². The molecule has 0 aliphatic rings. The zero-order chi connectivity index (χ0) is 14.0. The van der Waals surface area contributed by atoms with Gasteiger partial charge in [-0.05, 0) is 17.7 Å². The molecule has 0 aliphatic heterocycles. The van der Waals surface area contributed by atoms with Gasteiger partial charge in [0.1, 0.15) is 5.15 Å². The second-order valence-corrected chi connectivity index (χ2v) is 4.38. The molecule has 2 aromatic rings. The predicted molar refractivity (Wildman–Crippen MR) is 65.7 cm³/mol. The molecular weight excluding hydrogens is 279 g/mol. The quantitative estimate of drug-likeness (QED) is 0.944. The van der Waals surface area contributed by atoms with Crippen LogP contribution in [0.15, 0.2) is 30.5 Å². The minimum absolute atomic E-state index is 0.169. The van der Waals surface area contributed by atoms with Crippen LogP contribution >= 0.6 is 11.6 Å². The second-order valence-electron chi connectivity index (χ2n) is 4.02. The van der Waals surface area contributed by atoms with Gasteiger partial charge in [0.25, 0.3) is 0 Å². The first kappa shape index (κ1) is 13.9. The van der Waals surface area contributed by atoms with E-state index in [0.29, 0.717) is 16.3 Å². The van der Waals surface area contributed by atoms with E-state index < -0.39 is 11.7 Å². The highest BCUT2D eigenvalue weighted by atomic mass is 35.5. The third-order valence-electron chi connectivity index (χ3n) is 2.65. The van der Waals surface area contributed by atoms with Crippen LogP contribution in [0.4, 0.5) is 13.2 Å². The SMILES string of the molecule is NCc1cnn(Cc2cccc(C(F)(F)F)c2)c1Cl. The highest BCUT2D eigenvalue weighted by molar-refractivity contribution is 6.30. The maximum absolute atomic E-state index is 12.6. The Balaban J connectivity index is 2.26. The first-order valence-electron chi connectivity index (χ1n) is 5.48. The summed E-state index contributed by atoms with van der Waals surface area (Å²) >= 11 is 6.00. The Morgan fingerprint density at radius 3 is 2.63 bits per heavy atom. The van der Waals surface area contributed by atoms with Crippen LogP contribution in [0.25, 0.3) is 0 Å². The van der Waals surface area contributed by atoms with E-state index in [1.165, 1.54) is 16.9 Å². The number of benzene rings is 1. The number of alkyl halides is 3. The Morgan fingerprint density at radius 1 is 1.32 bits per heavy atom. The second kappa shape index (κ2) is 5.22. The summed E-state index contributed by atoms with van der Waals surface area (Å²) in [5, 5.41) is 4.34. The van der Waals surface area contributed by atoms with E-state index in [1.54, 1.807) is 6.07 Å². The fourth-order valence-electron chi connectivity index (χ4n) is 1.68. The van der Waals surface area contributed by atoms with Crippen molar-refractivity contribution in [2.24, 2.45) is 5.73 Å². The summed E-state index contributed by atoms with van der Waals surface area (Å²) in [7, 11) is 0. The van der Waals surface area contributed by atoms with Gasteiger partial charge in [-0.25, -0.2) is 4.68 Å². The molecule has 0 saturated carbocycles. The van der Waals surface area contributed by atoms with Crippen molar-refractivity contribution >= 4 is 11.6 Å². The normalized spacial score (nSPS) is 11.8. The minimum Gasteiger partial charge on any atom is -0.326 e. The standard InChI is InChI=1S/C12H11ClF3N3/c13-11-9(5-17)6-18-19(11)7-8-2-1-3-10(4-8)12(14,15)16/h1-4,6H,5,7,17H2. The van der Waals surface area contributed by atoms with Gasteiger partial charge in [0.15, 0.2) is 0 Å². The number of rotatable bonds is 3. The molecule has 0 radical (unpaired) electrons. The lowest BCUT2D eigenvalue weighted by Crippen LogP contribution is -2.07. The van der Waals surface area contributed by atoms with Crippen molar-refractivity contribution in [1.29, 1.82) is 0 Å². The first-order valence-corrected chi connectivity index (χ1v) is 5.86. The van der Waals surface area contributed by atoms with Crippen LogP contribution in [-0.2, 0) is 19.3 Å². The van der Waals surface area contributed by atoms with Crippen molar-refractivity contribution < 1.29 is 13.2 Å². The molecule has 0 atom stereocenters. The molecule has 0 fully saturated rings. The highest BCUT2D eigenvalue weighted by Crippen LogP contribution is 2.29. The summed E-state index contributed by atoms with van der Waals surface area (Å²) in [6.07, 6.45) is -2.84. The molecule has 19 heavy (non-hydrogen) atoms. The summed E-state index contributed by atoms with van der Waals surface area (Å²) in [5.41, 5.74) is 5.90. The lowest BCUT2D eigenvalue weighted by molar-refractivity contribution is -0.137. The number of hydrogen-bond acceptors (Lipinski definition) is 2. The molecule has 2 N–H and O–H groups in total. The molecule has 0 bridgehead atoms. The number of aromatic nitrogens is 2. The fraction of sp³-hybridized carbons (Fsp3) is 0.250. The molecular formula is C12H11ClF3N3. The van der Waals surface area contributed by atoms with E-state index >= 15 is 0 Å². The van der Waals surface area contributed by atoms with Crippen LogP contribution in [0, 0.1) is 0 Å². The molecule has 1 heterocycles. The van der Waals surface area contributed by atoms with Crippen molar-refractivity contribution in [3.05, 3.63) is 52.3 Å². The van der Waals surface area contributed by atoms with Gasteiger partial charge < -0.3 is 5.73 Å². The topological polar surface area (TPSA) is 43.8 Å². The number of nitrogens with zero attached hydrogens (tertiary/aromatic N) is 2. The third kappa shape index (κ3) is 3.08. The monoisotopic (exact) mass is 289 g/mol. The third-order valence-corrected chi connectivity index (χ3v) is 3.09. The van der Waals surface area contributed by atoms with E-state index in [1.807, 2.05) is 0 Å². The average molecular weight is 290 g/mol. The maximum Gasteiger partial charge on any atom is 0.416 e. The van der Waals surface area contributed by atoms with E-state index in [4.69, 9.17) is 17.3 Å². The molecule has 2 rings (SSSR count). The summed E-state index contributed by atoms with van der Waals surface area (Å²) in [6, 6.07) is 5.06. The summed E-state index contributed by atoms with van der Waals surface area (Å²) in [5.74, 6) is 0. The number of nitrogens with two attached hydrogens (primary N) is 1. The molecule has 1 aromatic carbocycles. The van der Waals surface area contributed by atoms with E-state index in [2.05, 4.69) is 5.10 Å². The van der Waals surface area contributed by atoms with Crippen LogP contribution in [-0.4, -0.2) is 9.78 Å². The van der Waals surface area contributed by atoms with Gasteiger partial charge in [0, 0.05) is 12.1 Å². The van der Waals surface area contributed by atoms with Crippen LogP contribution in [0.1, 0.15) is 16.7 Å². The van der Waals surface area contributed by atoms with Crippen LogP contribution < -0.4 is 5.73 Å². The zero-order valence-corrected chi connectivity index (χ0v) is 10.5. The molecule has 102 valence electrons. The Labute approximate surface area is 112 Å². The van der Waals surface area contributed by atoms with Crippen LogP contribution in [0.3, 0.4) is 0 Å². The maximum atomic E-state index is 12.6. The van der Waals surface area contributed by atoms with Gasteiger partial charge in [-0.3, -0.25) is 0 Å². The van der Waals surface area contributed by atoms with Crippen LogP contribution in [0.5, 0.6) is 0 Å². The zero-order valence-electron chi connectivity index (χ0n) is 9.78. The molecule has 0 spiro atoms. The summed E-state index contributed by atoms with van der Waals surface area (Å²) in [6.45, 7) is 0.407. The van der Waals surface area contributed by atoms with Gasteiger partial charge in [-0.2, -0.15) is 18.3 Å². The molecule has 1 aromatic heterocycles. The minimum atomic E-state index is -4.35. The van der Waals surface area contributed by atoms with E-state index in [0.717, 1.165) is 12.1 Å². The Hall–Kier alpha value is -1.53. The lowest BCUT2D eigenvalue weighted by Gasteiger charge is -2.09. The highest BCUT2D eigenvalue weighted by Gasteiger charge is 2.30. The van der Waals surface area contributed by atoms with Crippen molar-refractivity contribution in [3.8, 4) is 0 Å². The number of hydrogen-bond donors (Lipinski definition) is 1. The van der Waals surface area contributed by atoms with Gasteiger partial charge in [-0.15, -0.1) is 0 Å². The largest absolute Gasteiger partial charge is 0.416 e. The Kier molecular flexibility index (Phi) is 3.82. The Morgan fingerprint density at radius 2 is 2.05 bits per heavy atom. The molecule has 0 aliphatic carbocycles. The van der Waals surface area contributed by atoms with Crippen molar-refractivity contribution in [2.75, 3.05) is 0 Å². The molecule has 0 saturated heterocycles. The van der Waals surface area contributed by atoms with Crippen molar-refractivity contribution in [3.63, 3.8) is 0 Å². The lowest BCUT2D eigenvalue weighted by atomic mass is 10.1. The molecule has 0 amide bonds. The van der Waals surface area contributed by atoms with Crippen LogP contribution in [0.2, 0.25) is 5.15 Å².